The molecule has 0 bridgehead atoms. The van der Waals surface area contributed by atoms with Crippen molar-refractivity contribution < 1.29 is 25.8 Å². The maximum Gasteiger partial charge on any atom is 0.534 e. The largest absolute Gasteiger partial charge is 0.534 e. The fraction of sp³-hybridized carbons (Fsp3) is 0.294. The van der Waals surface area contributed by atoms with Gasteiger partial charge < -0.3 is 9.08 Å². The molecule has 0 atom stereocenters. The topological polar surface area (TPSA) is 46.6 Å². The van der Waals surface area contributed by atoms with Gasteiger partial charge in [-0.25, -0.2) is 0 Å². The zero-order chi connectivity index (χ0) is 19.8. The second kappa shape index (κ2) is 7.41. The van der Waals surface area contributed by atoms with E-state index < -0.39 is 21.4 Å². The molecule has 0 fully saturated rings. The van der Waals surface area contributed by atoms with Gasteiger partial charge >= 0.3 is 15.6 Å². The van der Waals surface area contributed by atoms with Crippen molar-refractivity contribution in [3.63, 3.8) is 0 Å². The third-order valence-corrected chi connectivity index (χ3v) is 5.63. The smallest absolute Gasteiger partial charge is 0.376 e. The summed E-state index contributed by atoms with van der Waals surface area (Å²) < 4.78 is 64.7. The maximum absolute atomic E-state index is 12.6. The molecule has 0 unspecified atom stereocenters. The van der Waals surface area contributed by atoms with Crippen molar-refractivity contribution in [3.8, 4) is 5.75 Å². The van der Waals surface area contributed by atoms with E-state index in [2.05, 4.69) is 4.18 Å². The highest BCUT2D eigenvalue weighted by atomic mass is 35.5. The van der Waals surface area contributed by atoms with Gasteiger partial charge in [0.15, 0.2) is 0 Å². The van der Waals surface area contributed by atoms with Crippen LogP contribution < -0.4 is 9.08 Å². The lowest BCUT2D eigenvalue weighted by Crippen LogP contribution is -2.28. The number of halogens is 5. The molecule has 2 aromatic rings. The minimum atomic E-state index is -5.74. The van der Waals surface area contributed by atoms with E-state index in [0.29, 0.717) is 34.4 Å². The molecule has 146 valence electrons. The zero-order valence-corrected chi connectivity index (χ0v) is 16.1. The van der Waals surface area contributed by atoms with Crippen LogP contribution in [0.25, 0.3) is 0 Å². The monoisotopic (exact) mass is 439 g/mol. The van der Waals surface area contributed by atoms with Crippen LogP contribution in [-0.4, -0.2) is 20.5 Å². The Morgan fingerprint density at radius 3 is 2.41 bits per heavy atom. The molecule has 1 heterocycles. The number of hydrogen-bond donors (Lipinski definition) is 0. The van der Waals surface area contributed by atoms with Crippen molar-refractivity contribution in [3.05, 3.63) is 52.0 Å². The van der Waals surface area contributed by atoms with Crippen LogP contribution in [0.4, 0.5) is 24.5 Å². The molecule has 4 nitrogen and oxygen atoms in total. The first-order valence-corrected chi connectivity index (χ1v) is 10.1. The van der Waals surface area contributed by atoms with Gasteiger partial charge in [-0.2, -0.15) is 21.6 Å². The Labute approximate surface area is 164 Å². The third kappa shape index (κ3) is 4.28. The van der Waals surface area contributed by atoms with E-state index in [0.717, 1.165) is 18.4 Å². The summed E-state index contributed by atoms with van der Waals surface area (Å²) in [6.45, 7) is 0.559. The summed E-state index contributed by atoms with van der Waals surface area (Å²) in [7, 11) is -5.74. The van der Waals surface area contributed by atoms with Gasteiger partial charge in [0.25, 0.3) is 0 Å². The van der Waals surface area contributed by atoms with E-state index in [1.165, 1.54) is 12.1 Å². The Morgan fingerprint density at radius 2 is 1.74 bits per heavy atom. The lowest BCUT2D eigenvalue weighted by atomic mass is 10.1. The Kier molecular flexibility index (Phi) is 5.52. The molecule has 0 amide bonds. The van der Waals surface area contributed by atoms with Crippen LogP contribution in [0, 0.1) is 0 Å². The van der Waals surface area contributed by atoms with Crippen LogP contribution in [0.5, 0.6) is 5.75 Å². The van der Waals surface area contributed by atoms with Gasteiger partial charge in [-0.1, -0.05) is 29.3 Å². The van der Waals surface area contributed by atoms with Crippen molar-refractivity contribution in [2.45, 2.75) is 24.8 Å². The quantitative estimate of drug-likeness (QED) is 0.454. The average molecular weight is 440 g/mol. The number of nitrogens with zero attached hydrogens (tertiary/aromatic N) is 1. The number of fused-ring (bicyclic) bond motifs is 1. The van der Waals surface area contributed by atoms with E-state index in [9.17, 15) is 21.6 Å². The summed E-state index contributed by atoms with van der Waals surface area (Å²) in [5.41, 5.74) is -3.47. The molecule has 0 aromatic heterocycles. The lowest BCUT2D eigenvalue weighted by Gasteiger charge is -2.26. The molecule has 2 aromatic carbocycles. The molecular weight excluding hydrogens is 426 g/mol. The fourth-order valence-electron chi connectivity index (χ4n) is 2.89. The van der Waals surface area contributed by atoms with Crippen LogP contribution in [0.3, 0.4) is 0 Å². The average Bonchev–Trinajstić information content (AvgIpc) is 2.76. The van der Waals surface area contributed by atoms with Gasteiger partial charge in [0.2, 0.25) is 0 Å². The van der Waals surface area contributed by atoms with Crippen molar-refractivity contribution in [1.82, 2.24) is 0 Å². The molecule has 0 N–H and O–H groups in total. The number of anilines is 2. The molecule has 10 heteroatoms. The highest BCUT2D eigenvalue weighted by Crippen LogP contribution is 2.40. The van der Waals surface area contributed by atoms with E-state index in [1.807, 2.05) is 4.90 Å². The maximum atomic E-state index is 12.6. The van der Waals surface area contributed by atoms with Crippen molar-refractivity contribution in [2.75, 3.05) is 11.4 Å². The molecule has 3 rings (SSSR count). The van der Waals surface area contributed by atoms with Crippen LogP contribution in [0.1, 0.15) is 18.4 Å². The summed E-state index contributed by atoms with van der Waals surface area (Å²) >= 11 is 12.2. The van der Waals surface area contributed by atoms with Crippen molar-refractivity contribution in [2.24, 2.45) is 0 Å². The van der Waals surface area contributed by atoms with E-state index in [-0.39, 0.29) is 0 Å². The van der Waals surface area contributed by atoms with E-state index in [1.54, 1.807) is 24.3 Å². The second-order valence-corrected chi connectivity index (χ2v) is 8.36. The van der Waals surface area contributed by atoms with Gasteiger partial charge in [-0.05, 0) is 49.1 Å². The second-order valence-electron chi connectivity index (χ2n) is 5.98. The van der Waals surface area contributed by atoms with Gasteiger partial charge in [0, 0.05) is 23.3 Å². The minimum Gasteiger partial charge on any atom is -0.376 e. The molecule has 0 saturated heterocycles. The van der Waals surface area contributed by atoms with Crippen LogP contribution in [0.15, 0.2) is 36.4 Å². The zero-order valence-electron chi connectivity index (χ0n) is 13.8. The summed E-state index contributed by atoms with van der Waals surface area (Å²) in [4.78, 5) is 1.83. The first-order valence-electron chi connectivity index (χ1n) is 7.95. The Balaban J connectivity index is 2.05. The van der Waals surface area contributed by atoms with Crippen LogP contribution in [-0.2, 0) is 16.5 Å². The molecule has 0 spiro atoms. The van der Waals surface area contributed by atoms with E-state index >= 15 is 0 Å². The Hall–Kier alpha value is -1.64. The Morgan fingerprint density at radius 1 is 1.00 bits per heavy atom. The summed E-state index contributed by atoms with van der Waals surface area (Å²) in [6, 6.07) is 9.00. The first-order chi connectivity index (χ1) is 12.6. The van der Waals surface area contributed by atoms with Crippen molar-refractivity contribution >= 4 is 44.7 Å². The van der Waals surface area contributed by atoms with Gasteiger partial charge in [-0.3, -0.25) is 0 Å². The highest BCUT2D eigenvalue weighted by Gasteiger charge is 2.48. The fourth-order valence-corrected chi connectivity index (χ4v) is 3.85. The molecule has 27 heavy (non-hydrogen) atoms. The number of aryl methyl sites for hydroxylation is 1. The molecular formula is C17H14Cl2F3NO3S. The van der Waals surface area contributed by atoms with E-state index in [4.69, 9.17) is 23.2 Å². The minimum absolute atomic E-state index is 0.379. The van der Waals surface area contributed by atoms with Crippen LogP contribution >= 0.6 is 23.2 Å². The number of hydrogen-bond acceptors (Lipinski definition) is 4. The third-order valence-electron chi connectivity index (χ3n) is 4.12. The summed E-state index contributed by atoms with van der Waals surface area (Å²) in [5, 5.41) is 0.830. The van der Waals surface area contributed by atoms with Crippen molar-refractivity contribution in [1.29, 1.82) is 0 Å². The first kappa shape index (κ1) is 20.1. The van der Waals surface area contributed by atoms with Gasteiger partial charge in [0.1, 0.15) is 5.75 Å². The highest BCUT2D eigenvalue weighted by molar-refractivity contribution is 7.88. The summed E-state index contributed by atoms with van der Waals surface area (Å²) in [6.07, 6.45) is 2.39. The SMILES string of the molecule is O=S(=O)(Oc1ccc2c(c1)N(c1ccc(Cl)cc1Cl)CCCC2)C(F)(F)F. The predicted molar refractivity (Wildman–Crippen MR) is 98.5 cm³/mol. The number of benzene rings is 2. The predicted octanol–water partition coefficient (Wildman–Crippen LogP) is 5.70. The number of rotatable bonds is 3. The number of alkyl halides is 3. The van der Waals surface area contributed by atoms with Crippen LogP contribution in [0.2, 0.25) is 10.0 Å². The normalized spacial score (nSPS) is 15.2. The lowest BCUT2D eigenvalue weighted by molar-refractivity contribution is -0.0500. The van der Waals surface area contributed by atoms with Gasteiger partial charge in [0.05, 0.1) is 10.7 Å². The Bertz CT molecular complexity index is 964. The molecule has 1 aliphatic heterocycles. The molecule has 0 radical (unpaired) electrons. The summed E-state index contributed by atoms with van der Waals surface area (Å²) in [5.74, 6) is -0.414. The molecule has 0 saturated carbocycles. The molecule has 0 aliphatic carbocycles. The van der Waals surface area contributed by atoms with Gasteiger partial charge in [-0.15, -0.1) is 0 Å². The standard InChI is InChI=1S/C17H14Cl2F3NO3S/c18-12-5-7-15(14(19)9-12)23-8-2-1-3-11-4-6-13(10-16(11)23)26-27(24,25)17(20,21)22/h4-7,9-10H,1-3,8H2. The molecule has 1 aliphatic rings.